The minimum Gasteiger partial charge on any atom is -0.481 e. The van der Waals surface area contributed by atoms with Crippen LogP contribution in [0.4, 0.5) is 0 Å². The number of carbonyl (C=O) groups is 2. The standard InChI is InChI=1S/C15H27NO3/c1-10(2)13-6-5-8-16(9-7-13)14(17)11(3)12(4)15(18)19/h10-13H,5-9H2,1-4H3,(H,18,19). The molecule has 0 aromatic rings. The molecule has 1 saturated heterocycles. The molecule has 1 amide bonds. The van der Waals surface area contributed by atoms with Crippen LogP contribution in [0.15, 0.2) is 0 Å². The first-order valence-electron chi connectivity index (χ1n) is 7.36. The van der Waals surface area contributed by atoms with Gasteiger partial charge in [0, 0.05) is 19.0 Å². The molecule has 1 aliphatic rings. The van der Waals surface area contributed by atoms with Gasteiger partial charge in [-0.05, 0) is 31.1 Å². The van der Waals surface area contributed by atoms with Crippen molar-refractivity contribution in [3.8, 4) is 0 Å². The van der Waals surface area contributed by atoms with E-state index >= 15 is 0 Å². The van der Waals surface area contributed by atoms with E-state index < -0.39 is 17.8 Å². The molecule has 0 aromatic carbocycles. The Balaban J connectivity index is 2.60. The van der Waals surface area contributed by atoms with Crippen LogP contribution in [0, 0.1) is 23.7 Å². The van der Waals surface area contributed by atoms with Crippen molar-refractivity contribution in [2.45, 2.75) is 47.0 Å². The second-order valence-electron chi connectivity index (χ2n) is 6.18. The molecular weight excluding hydrogens is 242 g/mol. The fraction of sp³-hybridized carbons (Fsp3) is 0.867. The molecule has 1 aliphatic heterocycles. The van der Waals surface area contributed by atoms with Gasteiger partial charge in [-0.1, -0.05) is 27.7 Å². The van der Waals surface area contributed by atoms with Crippen LogP contribution in [-0.2, 0) is 9.59 Å². The number of aliphatic carboxylic acids is 1. The first-order chi connectivity index (χ1) is 8.84. The average Bonchev–Trinajstić information content (AvgIpc) is 2.61. The normalized spacial score (nSPS) is 23.8. The van der Waals surface area contributed by atoms with Gasteiger partial charge >= 0.3 is 5.97 Å². The summed E-state index contributed by atoms with van der Waals surface area (Å²) in [7, 11) is 0. The predicted octanol–water partition coefficient (Wildman–Crippen LogP) is 2.63. The highest BCUT2D eigenvalue weighted by molar-refractivity contribution is 5.84. The third-order valence-corrected chi connectivity index (χ3v) is 4.56. The maximum atomic E-state index is 12.3. The molecular formula is C15H27NO3. The summed E-state index contributed by atoms with van der Waals surface area (Å²) in [6, 6.07) is 0. The molecule has 19 heavy (non-hydrogen) atoms. The Morgan fingerprint density at radius 3 is 2.21 bits per heavy atom. The lowest BCUT2D eigenvalue weighted by atomic mass is 9.89. The topological polar surface area (TPSA) is 57.6 Å². The number of carboxylic acid groups (broad SMARTS) is 1. The summed E-state index contributed by atoms with van der Waals surface area (Å²) in [5.74, 6) is -0.602. The van der Waals surface area contributed by atoms with Crippen molar-refractivity contribution in [2.75, 3.05) is 13.1 Å². The van der Waals surface area contributed by atoms with Gasteiger partial charge in [0.2, 0.25) is 5.91 Å². The summed E-state index contributed by atoms with van der Waals surface area (Å²) in [5, 5.41) is 9.00. The van der Waals surface area contributed by atoms with E-state index in [1.54, 1.807) is 13.8 Å². The minimum atomic E-state index is -0.893. The average molecular weight is 269 g/mol. The fourth-order valence-electron chi connectivity index (χ4n) is 2.72. The monoisotopic (exact) mass is 269 g/mol. The number of rotatable bonds is 4. The SMILES string of the molecule is CC(C)C1CCCN(C(=O)C(C)C(C)C(=O)O)CC1. The van der Waals surface area contributed by atoms with Crippen LogP contribution in [0.2, 0.25) is 0 Å². The molecule has 110 valence electrons. The molecule has 3 unspecified atom stereocenters. The fourth-order valence-corrected chi connectivity index (χ4v) is 2.72. The van der Waals surface area contributed by atoms with Crippen LogP contribution in [0.1, 0.15) is 47.0 Å². The highest BCUT2D eigenvalue weighted by Gasteiger charge is 2.30. The van der Waals surface area contributed by atoms with Crippen LogP contribution >= 0.6 is 0 Å². The van der Waals surface area contributed by atoms with Gasteiger partial charge in [-0.25, -0.2) is 0 Å². The largest absolute Gasteiger partial charge is 0.481 e. The van der Waals surface area contributed by atoms with Gasteiger partial charge in [-0.2, -0.15) is 0 Å². The molecule has 3 atom stereocenters. The second kappa shape index (κ2) is 6.92. The summed E-state index contributed by atoms with van der Waals surface area (Å²) >= 11 is 0. The molecule has 1 N–H and O–H groups in total. The molecule has 1 fully saturated rings. The van der Waals surface area contributed by atoms with Crippen molar-refractivity contribution in [3.05, 3.63) is 0 Å². The second-order valence-corrected chi connectivity index (χ2v) is 6.18. The maximum Gasteiger partial charge on any atom is 0.307 e. The minimum absolute atomic E-state index is 0.000642. The van der Waals surface area contributed by atoms with E-state index in [-0.39, 0.29) is 5.91 Å². The van der Waals surface area contributed by atoms with Crippen molar-refractivity contribution < 1.29 is 14.7 Å². The molecule has 1 rings (SSSR count). The lowest BCUT2D eigenvalue weighted by molar-refractivity contribution is -0.149. The first-order valence-corrected chi connectivity index (χ1v) is 7.36. The van der Waals surface area contributed by atoms with Crippen LogP contribution in [0.5, 0.6) is 0 Å². The number of nitrogens with zero attached hydrogens (tertiary/aromatic N) is 1. The van der Waals surface area contributed by atoms with Crippen LogP contribution in [0.25, 0.3) is 0 Å². The first kappa shape index (κ1) is 16.0. The Labute approximate surface area is 116 Å². The van der Waals surface area contributed by atoms with Crippen molar-refractivity contribution in [1.29, 1.82) is 0 Å². The summed E-state index contributed by atoms with van der Waals surface area (Å²) in [6.07, 6.45) is 3.24. The van der Waals surface area contributed by atoms with Gasteiger partial charge in [0.15, 0.2) is 0 Å². The van der Waals surface area contributed by atoms with Crippen LogP contribution < -0.4 is 0 Å². The highest BCUT2D eigenvalue weighted by Crippen LogP contribution is 2.26. The summed E-state index contributed by atoms with van der Waals surface area (Å²) in [4.78, 5) is 25.2. The molecule has 4 nitrogen and oxygen atoms in total. The molecule has 0 aromatic heterocycles. The molecule has 0 aliphatic carbocycles. The van der Waals surface area contributed by atoms with E-state index in [0.717, 1.165) is 25.9 Å². The van der Waals surface area contributed by atoms with Crippen molar-refractivity contribution in [1.82, 2.24) is 4.90 Å². The van der Waals surface area contributed by atoms with Crippen LogP contribution in [-0.4, -0.2) is 35.0 Å². The molecule has 0 spiro atoms. The van der Waals surface area contributed by atoms with Crippen LogP contribution in [0.3, 0.4) is 0 Å². The number of hydrogen-bond acceptors (Lipinski definition) is 2. The summed E-state index contributed by atoms with van der Waals surface area (Å²) in [5.41, 5.74) is 0. The zero-order valence-corrected chi connectivity index (χ0v) is 12.6. The smallest absolute Gasteiger partial charge is 0.307 e. The van der Waals surface area contributed by atoms with E-state index in [0.29, 0.717) is 11.8 Å². The van der Waals surface area contributed by atoms with Gasteiger partial charge in [-0.15, -0.1) is 0 Å². The van der Waals surface area contributed by atoms with E-state index in [9.17, 15) is 9.59 Å². The van der Waals surface area contributed by atoms with Crippen molar-refractivity contribution in [2.24, 2.45) is 23.7 Å². The lowest BCUT2D eigenvalue weighted by Gasteiger charge is -2.26. The molecule has 0 saturated carbocycles. The van der Waals surface area contributed by atoms with Crippen molar-refractivity contribution >= 4 is 11.9 Å². The van der Waals surface area contributed by atoms with E-state index in [4.69, 9.17) is 5.11 Å². The Morgan fingerprint density at radius 2 is 1.68 bits per heavy atom. The van der Waals surface area contributed by atoms with Gasteiger partial charge in [0.1, 0.15) is 0 Å². The zero-order chi connectivity index (χ0) is 14.6. The molecule has 4 heteroatoms. The summed E-state index contributed by atoms with van der Waals surface area (Å²) in [6.45, 7) is 9.36. The molecule has 0 bridgehead atoms. The molecule has 0 radical (unpaired) electrons. The number of carbonyl (C=O) groups excluding carboxylic acids is 1. The van der Waals surface area contributed by atoms with Crippen molar-refractivity contribution in [3.63, 3.8) is 0 Å². The van der Waals surface area contributed by atoms with E-state index in [1.807, 2.05) is 4.90 Å². The maximum absolute atomic E-state index is 12.3. The Hall–Kier alpha value is -1.06. The third kappa shape index (κ3) is 4.22. The predicted molar refractivity (Wildman–Crippen MR) is 74.7 cm³/mol. The number of amides is 1. The number of likely N-dealkylation sites (tertiary alicyclic amines) is 1. The van der Waals surface area contributed by atoms with E-state index in [2.05, 4.69) is 13.8 Å². The third-order valence-electron chi connectivity index (χ3n) is 4.56. The van der Waals surface area contributed by atoms with Gasteiger partial charge in [0.25, 0.3) is 0 Å². The summed E-state index contributed by atoms with van der Waals surface area (Å²) < 4.78 is 0. The highest BCUT2D eigenvalue weighted by atomic mass is 16.4. The van der Waals surface area contributed by atoms with Gasteiger partial charge in [-0.3, -0.25) is 9.59 Å². The zero-order valence-electron chi connectivity index (χ0n) is 12.6. The van der Waals surface area contributed by atoms with Gasteiger partial charge in [0.05, 0.1) is 5.92 Å². The quantitative estimate of drug-likeness (QED) is 0.853. The van der Waals surface area contributed by atoms with Gasteiger partial charge < -0.3 is 10.0 Å². The Kier molecular flexibility index (Phi) is 5.83. The Morgan fingerprint density at radius 1 is 1.05 bits per heavy atom. The number of hydrogen-bond donors (Lipinski definition) is 1. The Bertz CT molecular complexity index is 327. The molecule has 1 heterocycles. The lowest BCUT2D eigenvalue weighted by Crippen LogP contribution is -2.39. The van der Waals surface area contributed by atoms with E-state index in [1.165, 1.54) is 6.42 Å². The number of carboxylic acids is 1.